The standard InChI is InChI=1S/C10H19NO4/c1-7(9(12)13-4)11-8-5-14-10(2,3)15-6-8/h7-8,11H,5-6H2,1-4H3. The molecule has 0 aromatic carbocycles. The van der Waals surface area contributed by atoms with Gasteiger partial charge >= 0.3 is 5.97 Å². The summed E-state index contributed by atoms with van der Waals surface area (Å²) in [5, 5.41) is 3.08. The molecule has 0 radical (unpaired) electrons. The quantitative estimate of drug-likeness (QED) is 0.688. The van der Waals surface area contributed by atoms with Gasteiger partial charge in [0.05, 0.1) is 26.4 Å². The third-order valence-electron chi connectivity index (χ3n) is 2.30. The van der Waals surface area contributed by atoms with Crippen LogP contribution in [0.3, 0.4) is 0 Å². The number of nitrogens with one attached hydrogen (secondary N) is 1. The number of methoxy groups -OCH3 is 1. The van der Waals surface area contributed by atoms with E-state index >= 15 is 0 Å². The van der Waals surface area contributed by atoms with Crippen LogP contribution in [0.2, 0.25) is 0 Å². The van der Waals surface area contributed by atoms with E-state index in [4.69, 9.17) is 9.47 Å². The van der Waals surface area contributed by atoms with Gasteiger partial charge in [-0.2, -0.15) is 0 Å². The van der Waals surface area contributed by atoms with Crippen LogP contribution >= 0.6 is 0 Å². The Kier molecular flexibility index (Phi) is 4.07. The fourth-order valence-corrected chi connectivity index (χ4v) is 1.39. The highest BCUT2D eigenvalue weighted by atomic mass is 16.7. The first-order chi connectivity index (χ1) is 6.94. The maximum absolute atomic E-state index is 11.1. The largest absolute Gasteiger partial charge is 0.468 e. The lowest BCUT2D eigenvalue weighted by Crippen LogP contribution is -2.52. The Morgan fingerprint density at radius 2 is 2.00 bits per heavy atom. The van der Waals surface area contributed by atoms with Crippen LogP contribution in [0.1, 0.15) is 20.8 Å². The Morgan fingerprint density at radius 1 is 1.47 bits per heavy atom. The third-order valence-corrected chi connectivity index (χ3v) is 2.30. The van der Waals surface area contributed by atoms with E-state index < -0.39 is 5.79 Å². The predicted molar refractivity (Wildman–Crippen MR) is 54.4 cm³/mol. The zero-order valence-corrected chi connectivity index (χ0v) is 9.70. The summed E-state index contributed by atoms with van der Waals surface area (Å²) in [5.41, 5.74) is 0. The van der Waals surface area contributed by atoms with Crippen molar-refractivity contribution in [3.05, 3.63) is 0 Å². The topological polar surface area (TPSA) is 56.8 Å². The number of carbonyl (C=O) groups excluding carboxylic acids is 1. The molecule has 1 atom stereocenters. The van der Waals surface area contributed by atoms with Crippen molar-refractivity contribution >= 4 is 5.97 Å². The summed E-state index contributed by atoms with van der Waals surface area (Å²) in [6.07, 6.45) is 0. The molecule has 0 aliphatic carbocycles. The highest BCUT2D eigenvalue weighted by molar-refractivity contribution is 5.75. The smallest absolute Gasteiger partial charge is 0.322 e. The number of rotatable bonds is 3. The van der Waals surface area contributed by atoms with Gasteiger partial charge in [-0.15, -0.1) is 0 Å². The second kappa shape index (κ2) is 4.92. The van der Waals surface area contributed by atoms with Crippen LogP contribution in [-0.2, 0) is 19.0 Å². The average molecular weight is 217 g/mol. The van der Waals surface area contributed by atoms with Gasteiger partial charge in [-0.05, 0) is 20.8 Å². The lowest BCUT2D eigenvalue weighted by molar-refractivity contribution is -0.253. The van der Waals surface area contributed by atoms with Crippen LogP contribution in [0.25, 0.3) is 0 Å². The lowest BCUT2D eigenvalue weighted by atomic mass is 10.2. The van der Waals surface area contributed by atoms with E-state index in [1.807, 2.05) is 13.8 Å². The third kappa shape index (κ3) is 3.77. The summed E-state index contributed by atoms with van der Waals surface area (Å²) >= 11 is 0. The molecule has 1 aliphatic rings. The zero-order chi connectivity index (χ0) is 11.5. The molecule has 1 unspecified atom stereocenters. The minimum absolute atomic E-state index is 0.0344. The highest BCUT2D eigenvalue weighted by Gasteiger charge is 2.29. The minimum Gasteiger partial charge on any atom is -0.468 e. The molecule has 5 heteroatoms. The molecule has 1 saturated heterocycles. The first-order valence-electron chi connectivity index (χ1n) is 5.06. The monoisotopic (exact) mass is 217 g/mol. The fraction of sp³-hybridized carbons (Fsp3) is 0.900. The molecule has 0 spiro atoms. The first-order valence-corrected chi connectivity index (χ1v) is 5.06. The molecule has 0 aromatic rings. The van der Waals surface area contributed by atoms with Gasteiger partial charge in [-0.25, -0.2) is 0 Å². The Bertz CT molecular complexity index is 219. The van der Waals surface area contributed by atoms with Crippen molar-refractivity contribution in [1.82, 2.24) is 5.32 Å². The van der Waals surface area contributed by atoms with E-state index in [9.17, 15) is 4.79 Å². The van der Waals surface area contributed by atoms with Crippen molar-refractivity contribution in [1.29, 1.82) is 0 Å². The molecule has 1 N–H and O–H groups in total. The SMILES string of the molecule is COC(=O)C(C)NC1COC(C)(C)OC1. The molecule has 15 heavy (non-hydrogen) atoms. The number of carbonyl (C=O) groups is 1. The molecule has 1 rings (SSSR count). The molecule has 0 aromatic heterocycles. The fourth-order valence-electron chi connectivity index (χ4n) is 1.39. The van der Waals surface area contributed by atoms with Crippen LogP contribution in [0.5, 0.6) is 0 Å². The van der Waals surface area contributed by atoms with Crippen LogP contribution in [0.4, 0.5) is 0 Å². The lowest BCUT2D eigenvalue weighted by Gasteiger charge is -2.36. The van der Waals surface area contributed by atoms with Gasteiger partial charge in [0.25, 0.3) is 0 Å². The van der Waals surface area contributed by atoms with E-state index in [0.717, 1.165) is 0 Å². The zero-order valence-electron chi connectivity index (χ0n) is 9.70. The van der Waals surface area contributed by atoms with Crippen LogP contribution in [0.15, 0.2) is 0 Å². The van der Waals surface area contributed by atoms with Crippen molar-refractivity contribution in [3.8, 4) is 0 Å². The maximum atomic E-state index is 11.1. The van der Waals surface area contributed by atoms with Gasteiger partial charge in [0.1, 0.15) is 6.04 Å². The molecule has 0 saturated carbocycles. The number of esters is 1. The van der Waals surface area contributed by atoms with E-state index in [1.54, 1.807) is 6.92 Å². The Morgan fingerprint density at radius 3 is 2.47 bits per heavy atom. The van der Waals surface area contributed by atoms with Gasteiger partial charge in [-0.3, -0.25) is 10.1 Å². The Balaban J connectivity index is 2.32. The summed E-state index contributed by atoms with van der Waals surface area (Å²) in [5.74, 6) is -0.799. The van der Waals surface area contributed by atoms with Gasteiger partial charge in [0.2, 0.25) is 0 Å². The Labute approximate surface area is 90.1 Å². The van der Waals surface area contributed by atoms with E-state index in [2.05, 4.69) is 10.1 Å². The molecule has 88 valence electrons. The first kappa shape index (κ1) is 12.4. The second-order valence-electron chi connectivity index (χ2n) is 4.13. The van der Waals surface area contributed by atoms with E-state index in [1.165, 1.54) is 7.11 Å². The molecule has 1 fully saturated rings. The normalized spacial score (nSPS) is 23.5. The van der Waals surface area contributed by atoms with Crippen molar-refractivity contribution in [3.63, 3.8) is 0 Å². The van der Waals surface area contributed by atoms with Crippen LogP contribution in [0, 0.1) is 0 Å². The molecule has 1 heterocycles. The molecule has 0 amide bonds. The van der Waals surface area contributed by atoms with Gasteiger partial charge in [0.15, 0.2) is 5.79 Å². The molecule has 1 aliphatic heterocycles. The second-order valence-corrected chi connectivity index (χ2v) is 4.13. The molecular weight excluding hydrogens is 198 g/mol. The van der Waals surface area contributed by atoms with Crippen molar-refractivity contribution in [2.24, 2.45) is 0 Å². The summed E-state index contributed by atoms with van der Waals surface area (Å²) in [7, 11) is 1.37. The summed E-state index contributed by atoms with van der Waals surface area (Å²) in [4.78, 5) is 11.1. The van der Waals surface area contributed by atoms with Crippen molar-refractivity contribution in [2.45, 2.75) is 38.6 Å². The number of ether oxygens (including phenoxy) is 3. The highest BCUT2D eigenvalue weighted by Crippen LogP contribution is 2.17. The van der Waals surface area contributed by atoms with Gasteiger partial charge in [0, 0.05) is 0 Å². The van der Waals surface area contributed by atoms with Gasteiger partial charge in [-0.1, -0.05) is 0 Å². The van der Waals surface area contributed by atoms with Crippen LogP contribution < -0.4 is 5.32 Å². The average Bonchev–Trinajstić information content (AvgIpc) is 2.20. The Hall–Kier alpha value is -0.650. The van der Waals surface area contributed by atoms with Crippen molar-refractivity contribution < 1.29 is 19.0 Å². The molecule has 5 nitrogen and oxygen atoms in total. The number of hydrogen-bond donors (Lipinski definition) is 1. The molecule has 0 bridgehead atoms. The van der Waals surface area contributed by atoms with Crippen LogP contribution in [-0.4, -0.2) is 44.2 Å². The van der Waals surface area contributed by atoms with Crippen molar-refractivity contribution in [2.75, 3.05) is 20.3 Å². The predicted octanol–water partition coefficient (Wildman–Crippen LogP) is 0.289. The van der Waals surface area contributed by atoms with E-state index in [0.29, 0.717) is 13.2 Å². The summed E-state index contributed by atoms with van der Waals surface area (Å²) in [6.45, 7) is 6.56. The minimum atomic E-state index is -0.521. The molecular formula is C10H19NO4. The van der Waals surface area contributed by atoms with Gasteiger partial charge < -0.3 is 14.2 Å². The summed E-state index contributed by atoms with van der Waals surface area (Å²) in [6, 6.07) is -0.305. The maximum Gasteiger partial charge on any atom is 0.322 e. The summed E-state index contributed by atoms with van der Waals surface area (Å²) < 4.78 is 15.5. The number of hydrogen-bond acceptors (Lipinski definition) is 5. The van der Waals surface area contributed by atoms with E-state index in [-0.39, 0.29) is 18.1 Å².